The molecular weight excluding hydrogens is 332 g/mol. The third kappa shape index (κ3) is 3.59. The fraction of sp³-hybridized carbons (Fsp3) is 0.208. The van der Waals surface area contributed by atoms with Gasteiger partial charge in [-0.25, -0.2) is 0 Å². The summed E-state index contributed by atoms with van der Waals surface area (Å²) >= 11 is 0. The lowest BCUT2D eigenvalue weighted by Crippen LogP contribution is -2.19. The van der Waals surface area contributed by atoms with Crippen LogP contribution in [0, 0.1) is 0 Å². The van der Waals surface area contributed by atoms with Crippen LogP contribution < -0.4 is 0 Å². The molecule has 3 heteroatoms. The van der Waals surface area contributed by atoms with Crippen molar-refractivity contribution in [1.29, 1.82) is 0 Å². The summed E-state index contributed by atoms with van der Waals surface area (Å²) < 4.78 is 4.10. The average molecular weight is 356 g/mol. The molecule has 3 nitrogen and oxygen atoms in total. The third-order valence-corrected chi connectivity index (χ3v) is 5.40. The third-order valence-electron chi connectivity index (χ3n) is 5.40. The van der Waals surface area contributed by atoms with Gasteiger partial charge in [0, 0.05) is 49.0 Å². The molecular formula is C24H24N2O. The van der Waals surface area contributed by atoms with Crippen LogP contribution in [0.25, 0.3) is 12.2 Å². The maximum absolute atomic E-state index is 13.2. The van der Waals surface area contributed by atoms with E-state index in [1.807, 2.05) is 66.0 Å². The molecule has 0 amide bonds. The van der Waals surface area contributed by atoms with E-state index >= 15 is 0 Å². The summed E-state index contributed by atoms with van der Waals surface area (Å²) in [5.41, 5.74) is 5.19. The molecule has 4 rings (SSSR count). The molecule has 1 saturated carbocycles. The van der Waals surface area contributed by atoms with Crippen LogP contribution in [0.5, 0.6) is 0 Å². The number of aryl methyl sites for hydroxylation is 2. The maximum Gasteiger partial charge on any atom is 0.185 e. The van der Waals surface area contributed by atoms with E-state index in [0.717, 1.165) is 35.4 Å². The molecule has 0 radical (unpaired) electrons. The fourth-order valence-corrected chi connectivity index (χ4v) is 3.81. The number of allylic oxidation sites excluding steroid dienone is 2. The molecule has 27 heavy (non-hydrogen) atoms. The van der Waals surface area contributed by atoms with E-state index in [0.29, 0.717) is 5.92 Å². The molecule has 0 spiro atoms. The highest BCUT2D eigenvalue weighted by atomic mass is 16.1. The van der Waals surface area contributed by atoms with Gasteiger partial charge in [-0.15, -0.1) is 0 Å². The number of ketones is 1. The SMILES string of the molecule is Cn1cccc1/C=C1\CC(c2ccccc2)C/C(=C\c2cccn2C)C1=O. The van der Waals surface area contributed by atoms with Crippen molar-refractivity contribution in [2.24, 2.45) is 14.1 Å². The van der Waals surface area contributed by atoms with Crippen molar-refractivity contribution < 1.29 is 4.79 Å². The first kappa shape index (κ1) is 17.3. The number of hydrogen-bond acceptors (Lipinski definition) is 1. The quantitative estimate of drug-likeness (QED) is 0.608. The highest BCUT2D eigenvalue weighted by molar-refractivity contribution is 6.14. The van der Waals surface area contributed by atoms with Crippen molar-refractivity contribution in [3.63, 3.8) is 0 Å². The molecule has 0 bridgehead atoms. The van der Waals surface area contributed by atoms with Crippen LogP contribution in [-0.2, 0) is 18.9 Å². The summed E-state index contributed by atoms with van der Waals surface area (Å²) in [4.78, 5) is 13.2. The summed E-state index contributed by atoms with van der Waals surface area (Å²) in [5, 5.41) is 0. The Labute approximate surface area is 160 Å². The van der Waals surface area contributed by atoms with Gasteiger partial charge in [-0.1, -0.05) is 30.3 Å². The van der Waals surface area contributed by atoms with Gasteiger partial charge in [0.15, 0.2) is 5.78 Å². The zero-order valence-electron chi connectivity index (χ0n) is 15.8. The van der Waals surface area contributed by atoms with Crippen LogP contribution in [0.3, 0.4) is 0 Å². The molecule has 0 unspecified atom stereocenters. The van der Waals surface area contributed by atoms with Crippen molar-refractivity contribution in [1.82, 2.24) is 9.13 Å². The molecule has 0 atom stereocenters. The first-order valence-corrected chi connectivity index (χ1v) is 9.35. The Morgan fingerprint density at radius 2 is 1.30 bits per heavy atom. The molecule has 1 aromatic carbocycles. The minimum absolute atomic E-state index is 0.171. The Kier molecular flexibility index (Phi) is 4.68. The molecule has 136 valence electrons. The monoisotopic (exact) mass is 356 g/mol. The van der Waals surface area contributed by atoms with Crippen LogP contribution in [0.2, 0.25) is 0 Å². The summed E-state index contributed by atoms with van der Waals surface area (Å²) in [6.45, 7) is 0. The smallest absolute Gasteiger partial charge is 0.185 e. The van der Waals surface area contributed by atoms with Crippen molar-refractivity contribution in [2.75, 3.05) is 0 Å². The number of aromatic nitrogens is 2. The van der Waals surface area contributed by atoms with Crippen molar-refractivity contribution in [3.05, 3.63) is 95.1 Å². The van der Waals surface area contributed by atoms with E-state index in [9.17, 15) is 4.79 Å². The fourth-order valence-electron chi connectivity index (χ4n) is 3.81. The van der Waals surface area contributed by atoms with Gasteiger partial charge in [-0.2, -0.15) is 0 Å². The summed E-state index contributed by atoms with van der Waals surface area (Å²) in [6, 6.07) is 18.6. The predicted octanol–water partition coefficient (Wildman–Crippen LogP) is 4.98. The van der Waals surface area contributed by atoms with E-state index in [1.54, 1.807) is 0 Å². The first-order chi connectivity index (χ1) is 13.1. The number of hydrogen-bond donors (Lipinski definition) is 0. The standard InChI is InChI=1S/C24H24N2O/c1-25-12-6-10-22(25)16-20-14-19(18-8-4-3-5-9-18)15-21(24(20)27)17-23-11-7-13-26(23)2/h3-13,16-17,19H,14-15H2,1-2H3/b20-16+,21-17+. The Hall–Kier alpha value is -3.07. The topological polar surface area (TPSA) is 26.9 Å². The molecule has 1 aliphatic rings. The van der Waals surface area contributed by atoms with Crippen molar-refractivity contribution in [2.45, 2.75) is 18.8 Å². The number of benzene rings is 1. The Bertz CT molecular complexity index is 955. The second-order valence-electron chi connectivity index (χ2n) is 7.27. The molecule has 0 aliphatic heterocycles. The van der Waals surface area contributed by atoms with Gasteiger partial charge >= 0.3 is 0 Å². The van der Waals surface area contributed by atoms with E-state index < -0.39 is 0 Å². The van der Waals surface area contributed by atoms with Crippen LogP contribution in [0.15, 0.2) is 78.1 Å². The van der Waals surface area contributed by atoms with Crippen molar-refractivity contribution in [3.8, 4) is 0 Å². The number of nitrogens with zero attached hydrogens (tertiary/aromatic N) is 2. The lowest BCUT2D eigenvalue weighted by Gasteiger charge is -2.26. The van der Waals surface area contributed by atoms with E-state index in [-0.39, 0.29) is 5.78 Å². The maximum atomic E-state index is 13.2. The number of carbonyl (C=O) groups excluding carboxylic acids is 1. The highest BCUT2D eigenvalue weighted by Gasteiger charge is 2.29. The zero-order valence-corrected chi connectivity index (χ0v) is 15.8. The molecule has 1 aliphatic carbocycles. The normalized spacial score (nSPS) is 20.5. The van der Waals surface area contributed by atoms with E-state index in [4.69, 9.17) is 0 Å². The second kappa shape index (κ2) is 7.28. The molecule has 2 heterocycles. The Morgan fingerprint density at radius 3 is 1.74 bits per heavy atom. The predicted molar refractivity (Wildman–Crippen MR) is 110 cm³/mol. The highest BCUT2D eigenvalue weighted by Crippen LogP contribution is 2.38. The average Bonchev–Trinajstić information content (AvgIpc) is 3.27. The van der Waals surface area contributed by atoms with Crippen LogP contribution >= 0.6 is 0 Å². The Morgan fingerprint density at radius 1 is 0.778 bits per heavy atom. The van der Waals surface area contributed by atoms with Gasteiger partial charge in [0.1, 0.15) is 0 Å². The molecule has 2 aromatic heterocycles. The minimum atomic E-state index is 0.171. The summed E-state index contributed by atoms with van der Waals surface area (Å²) in [6.07, 6.45) is 9.67. The van der Waals surface area contributed by atoms with E-state index in [1.165, 1.54) is 5.56 Å². The minimum Gasteiger partial charge on any atom is -0.351 e. The van der Waals surface area contributed by atoms with Crippen molar-refractivity contribution >= 4 is 17.9 Å². The number of rotatable bonds is 3. The molecule has 0 N–H and O–H groups in total. The van der Waals surface area contributed by atoms with Gasteiger partial charge in [0.2, 0.25) is 0 Å². The second-order valence-corrected chi connectivity index (χ2v) is 7.27. The molecule has 1 fully saturated rings. The van der Waals surface area contributed by atoms with E-state index in [2.05, 4.69) is 36.4 Å². The summed E-state index contributed by atoms with van der Waals surface area (Å²) in [5.74, 6) is 0.492. The summed E-state index contributed by atoms with van der Waals surface area (Å²) in [7, 11) is 4.02. The number of carbonyl (C=O) groups is 1. The van der Waals surface area contributed by atoms with Gasteiger partial charge < -0.3 is 9.13 Å². The molecule has 0 saturated heterocycles. The van der Waals surface area contributed by atoms with Crippen LogP contribution in [0.4, 0.5) is 0 Å². The largest absolute Gasteiger partial charge is 0.351 e. The van der Waals surface area contributed by atoms with Gasteiger partial charge in [0.25, 0.3) is 0 Å². The van der Waals surface area contributed by atoms with Crippen LogP contribution in [0.1, 0.15) is 35.7 Å². The number of Topliss-reactive ketones (excluding diaryl/α,β-unsaturated/α-hetero) is 1. The Balaban J connectivity index is 1.76. The lowest BCUT2D eigenvalue weighted by atomic mass is 9.77. The van der Waals surface area contributed by atoms with Gasteiger partial charge in [-0.05, 0) is 60.7 Å². The molecule has 3 aromatic rings. The first-order valence-electron chi connectivity index (χ1n) is 9.35. The van der Waals surface area contributed by atoms with Gasteiger partial charge in [0.05, 0.1) is 0 Å². The van der Waals surface area contributed by atoms with Gasteiger partial charge in [-0.3, -0.25) is 4.79 Å². The lowest BCUT2D eigenvalue weighted by molar-refractivity contribution is -0.113. The van der Waals surface area contributed by atoms with Crippen LogP contribution in [-0.4, -0.2) is 14.9 Å². The zero-order chi connectivity index (χ0) is 18.8.